The maximum absolute atomic E-state index is 11.8. The largest absolute Gasteiger partial charge is 0.393 e. The number of nitrogens with two attached hydrogens (primary N) is 1. The van der Waals surface area contributed by atoms with Gasteiger partial charge in [-0.2, -0.15) is 0 Å². The van der Waals surface area contributed by atoms with Gasteiger partial charge < -0.3 is 10.8 Å². The predicted octanol–water partition coefficient (Wildman–Crippen LogP) is 3.04. The van der Waals surface area contributed by atoms with Crippen LogP contribution in [0, 0.1) is 11.8 Å². The number of nitrogens with zero attached hydrogens (tertiary/aromatic N) is 1. The number of hydrogen-bond acceptors (Lipinski definition) is 3. The number of rotatable bonds is 3. The van der Waals surface area contributed by atoms with Gasteiger partial charge in [0.2, 0.25) is 5.91 Å². The number of primary amides is 1. The molecule has 1 saturated heterocycles. The quantitative estimate of drug-likeness (QED) is 0.833. The second kappa shape index (κ2) is 7.06. The second-order valence-electron chi connectivity index (χ2n) is 9.25. The van der Waals surface area contributed by atoms with Gasteiger partial charge in [0.1, 0.15) is 0 Å². The summed E-state index contributed by atoms with van der Waals surface area (Å²) in [6.07, 6.45) is 9.05. The minimum atomic E-state index is -0.346. The monoisotopic (exact) mass is 390 g/mol. The highest BCUT2D eigenvalue weighted by Crippen LogP contribution is 2.56. The van der Waals surface area contributed by atoms with Gasteiger partial charge in [-0.1, -0.05) is 12.5 Å². The zero-order valence-corrected chi connectivity index (χ0v) is 16.7. The lowest BCUT2D eigenvalue weighted by molar-refractivity contribution is -0.0556. The molecule has 0 unspecified atom stereocenters. The van der Waals surface area contributed by atoms with Gasteiger partial charge in [-0.05, 0) is 86.6 Å². The number of aliphatic hydroxyl groups excluding tert-OH is 1. The summed E-state index contributed by atoms with van der Waals surface area (Å²) in [5.74, 6) is 1.16. The molecule has 4 atom stereocenters. The number of carbonyl (C=O) groups is 1. The molecule has 1 aromatic carbocycles. The van der Waals surface area contributed by atoms with Crippen LogP contribution >= 0.6 is 12.4 Å². The molecule has 0 spiro atoms. The lowest BCUT2D eigenvalue weighted by Crippen LogP contribution is -2.63. The smallest absolute Gasteiger partial charge is 0.248 e. The van der Waals surface area contributed by atoms with E-state index in [9.17, 15) is 9.90 Å². The van der Waals surface area contributed by atoms with Gasteiger partial charge in [0.05, 0.1) is 6.10 Å². The van der Waals surface area contributed by atoms with Gasteiger partial charge in [-0.15, -0.1) is 12.4 Å². The first kappa shape index (κ1) is 19.2. The van der Waals surface area contributed by atoms with Gasteiger partial charge in [0.25, 0.3) is 0 Å². The van der Waals surface area contributed by atoms with Gasteiger partial charge in [0, 0.05) is 23.6 Å². The minimum absolute atomic E-state index is 0. The highest BCUT2D eigenvalue weighted by molar-refractivity contribution is 5.93. The fourth-order valence-electron chi connectivity index (χ4n) is 6.48. The molecule has 5 heteroatoms. The van der Waals surface area contributed by atoms with Crippen LogP contribution in [-0.2, 0) is 11.8 Å². The number of piperidine rings is 1. The average Bonchev–Trinajstić information content (AvgIpc) is 2.58. The third-order valence-electron chi connectivity index (χ3n) is 7.98. The molecule has 2 bridgehead atoms. The van der Waals surface area contributed by atoms with Crippen LogP contribution in [0.1, 0.15) is 66.4 Å². The van der Waals surface area contributed by atoms with Crippen LogP contribution in [0.15, 0.2) is 18.2 Å². The molecular formula is C22H31ClN2O2. The van der Waals surface area contributed by atoms with Crippen molar-refractivity contribution in [3.05, 3.63) is 34.9 Å². The molecule has 3 N–H and O–H groups in total. The number of benzene rings is 1. The number of fused-ring (bicyclic) bond motifs is 1. The first-order valence-corrected chi connectivity index (χ1v) is 10.4. The lowest BCUT2D eigenvalue weighted by atomic mass is 9.51. The third kappa shape index (κ3) is 3.01. The molecule has 4 nitrogen and oxygen atoms in total. The highest BCUT2D eigenvalue weighted by Gasteiger charge is 2.55. The molecule has 1 amide bonds. The van der Waals surface area contributed by atoms with E-state index < -0.39 is 0 Å². The van der Waals surface area contributed by atoms with E-state index in [1.54, 1.807) is 0 Å². The van der Waals surface area contributed by atoms with Crippen LogP contribution in [0.4, 0.5) is 0 Å². The summed E-state index contributed by atoms with van der Waals surface area (Å²) in [5, 5.41) is 10.5. The van der Waals surface area contributed by atoms with Crippen molar-refractivity contribution in [1.82, 2.24) is 4.90 Å². The molecule has 0 aromatic heterocycles. The SMILES string of the molecule is Cl.NC(=O)c1ccc2c(c1)[C@]13CCN(CC4CCC4)[C@H](C2)[C@@H]1CC[C@H](O)C3. The predicted molar refractivity (Wildman–Crippen MR) is 108 cm³/mol. The van der Waals surface area contributed by atoms with Crippen LogP contribution in [0.25, 0.3) is 0 Å². The normalized spacial score (nSPS) is 35.4. The van der Waals surface area contributed by atoms with Crippen LogP contribution in [-0.4, -0.2) is 41.1 Å². The number of amides is 1. The Morgan fingerprint density at radius 2 is 2.07 bits per heavy atom. The van der Waals surface area contributed by atoms with E-state index in [1.807, 2.05) is 6.07 Å². The summed E-state index contributed by atoms with van der Waals surface area (Å²) in [5.41, 5.74) is 8.92. The molecule has 1 aliphatic heterocycles. The van der Waals surface area contributed by atoms with Crippen LogP contribution in [0.5, 0.6) is 0 Å². The van der Waals surface area contributed by atoms with Crippen molar-refractivity contribution in [2.75, 3.05) is 13.1 Å². The Morgan fingerprint density at radius 1 is 1.26 bits per heavy atom. The van der Waals surface area contributed by atoms with Crippen molar-refractivity contribution >= 4 is 18.3 Å². The molecule has 1 heterocycles. The van der Waals surface area contributed by atoms with Crippen molar-refractivity contribution < 1.29 is 9.90 Å². The molecule has 2 saturated carbocycles. The van der Waals surface area contributed by atoms with Crippen LogP contribution in [0.2, 0.25) is 0 Å². The van der Waals surface area contributed by atoms with Crippen molar-refractivity contribution in [3.63, 3.8) is 0 Å². The molecule has 0 radical (unpaired) electrons. The summed E-state index contributed by atoms with van der Waals surface area (Å²) >= 11 is 0. The Balaban J connectivity index is 0.00000180. The van der Waals surface area contributed by atoms with Gasteiger partial charge in [-0.25, -0.2) is 0 Å². The topological polar surface area (TPSA) is 66.6 Å². The van der Waals surface area contributed by atoms with E-state index in [-0.39, 0.29) is 29.8 Å². The van der Waals surface area contributed by atoms with Crippen LogP contribution < -0.4 is 5.73 Å². The van der Waals surface area contributed by atoms with Crippen LogP contribution in [0.3, 0.4) is 0 Å². The number of hydrogen-bond donors (Lipinski definition) is 2. The average molecular weight is 391 g/mol. The Labute approximate surface area is 167 Å². The number of carbonyl (C=O) groups excluding carboxylic acids is 1. The lowest BCUT2D eigenvalue weighted by Gasteiger charge is -2.60. The maximum Gasteiger partial charge on any atom is 0.248 e. The fraction of sp³-hybridized carbons (Fsp3) is 0.682. The van der Waals surface area contributed by atoms with E-state index >= 15 is 0 Å². The van der Waals surface area contributed by atoms with E-state index in [0.717, 1.165) is 44.6 Å². The number of aliphatic hydroxyl groups is 1. The zero-order chi connectivity index (χ0) is 17.9. The second-order valence-corrected chi connectivity index (χ2v) is 9.25. The van der Waals surface area contributed by atoms with Gasteiger partial charge in [-0.3, -0.25) is 9.69 Å². The summed E-state index contributed by atoms with van der Waals surface area (Å²) in [4.78, 5) is 14.5. The first-order valence-electron chi connectivity index (χ1n) is 10.4. The third-order valence-corrected chi connectivity index (χ3v) is 7.98. The standard InChI is InChI=1S/C22H30N2O2.ClH/c23-21(26)16-5-4-15-11-20-18-7-6-17(25)12-22(18,19(15)10-16)8-9-24(20)13-14-2-1-3-14;/h4-5,10,14,17-18,20,25H,1-3,6-9,11-13H2,(H2,23,26);1H/t17-,18-,20+,22-;/m0./s1. The Bertz CT molecular complexity index is 735. The molecule has 3 aliphatic carbocycles. The van der Waals surface area contributed by atoms with Crippen molar-refractivity contribution in [1.29, 1.82) is 0 Å². The highest BCUT2D eigenvalue weighted by atomic mass is 35.5. The van der Waals surface area contributed by atoms with Crippen molar-refractivity contribution in [2.24, 2.45) is 17.6 Å². The zero-order valence-electron chi connectivity index (χ0n) is 15.9. The Morgan fingerprint density at radius 3 is 2.78 bits per heavy atom. The van der Waals surface area contributed by atoms with Crippen molar-refractivity contribution in [2.45, 2.75) is 68.9 Å². The maximum atomic E-state index is 11.8. The number of likely N-dealkylation sites (tertiary alicyclic amines) is 1. The van der Waals surface area contributed by atoms with Crippen molar-refractivity contribution in [3.8, 4) is 0 Å². The van der Waals surface area contributed by atoms with Gasteiger partial charge in [0.15, 0.2) is 0 Å². The van der Waals surface area contributed by atoms with E-state index in [1.165, 1.54) is 36.9 Å². The van der Waals surface area contributed by atoms with E-state index in [2.05, 4.69) is 17.0 Å². The Hall–Kier alpha value is -1.10. The van der Waals surface area contributed by atoms with E-state index in [4.69, 9.17) is 5.73 Å². The molecule has 148 valence electrons. The fourth-order valence-corrected chi connectivity index (χ4v) is 6.48. The Kier molecular flexibility index (Phi) is 5.02. The molecular weight excluding hydrogens is 360 g/mol. The molecule has 3 fully saturated rings. The summed E-state index contributed by atoms with van der Waals surface area (Å²) < 4.78 is 0. The van der Waals surface area contributed by atoms with E-state index in [0.29, 0.717) is 17.5 Å². The molecule has 5 rings (SSSR count). The first-order chi connectivity index (χ1) is 12.6. The molecule has 1 aromatic rings. The molecule has 4 aliphatic rings. The number of halogens is 1. The summed E-state index contributed by atoms with van der Waals surface area (Å²) in [6.45, 7) is 2.39. The molecule has 27 heavy (non-hydrogen) atoms. The summed E-state index contributed by atoms with van der Waals surface area (Å²) in [7, 11) is 0. The minimum Gasteiger partial charge on any atom is -0.393 e. The van der Waals surface area contributed by atoms with Gasteiger partial charge >= 0.3 is 0 Å². The summed E-state index contributed by atoms with van der Waals surface area (Å²) in [6, 6.07) is 6.68.